The number of halogens is 1. The molecule has 0 spiro atoms. The van der Waals surface area contributed by atoms with Crippen LogP contribution in [0.25, 0.3) is 0 Å². The van der Waals surface area contributed by atoms with Crippen molar-refractivity contribution in [2.45, 2.75) is 33.2 Å². The van der Waals surface area contributed by atoms with E-state index in [-0.39, 0.29) is 35.9 Å². The lowest BCUT2D eigenvalue weighted by Crippen LogP contribution is -2.52. The molecule has 1 aromatic heterocycles. The van der Waals surface area contributed by atoms with Gasteiger partial charge in [0.2, 0.25) is 5.91 Å². The van der Waals surface area contributed by atoms with Crippen molar-refractivity contribution in [1.82, 2.24) is 20.5 Å². The molecule has 8 heteroatoms. The minimum atomic E-state index is 0. The van der Waals surface area contributed by atoms with Gasteiger partial charge in [0.15, 0.2) is 5.96 Å². The summed E-state index contributed by atoms with van der Waals surface area (Å²) in [6.07, 6.45) is 2.25. The number of hydrogen-bond acceptors (Lipinski definition) is 4. The van der Waals surface area contributed by atoms with Crippen LogP contribution in [0.2, 0.25) is 0 Å². The third-order valence-corrected chi connectivity index (χ3v) is 3.94. The highest BCUT2D eigenvalue weighted by molar-refractivity contribution is 14.0. The Morgan fingerprint density at radius 1 is 1.27 bits per heavy atom. The second-order valence-electron chi connectivity index (χ2n) is 6.37. The molecule has 2 rings (SSSR count). The van der Waals surface area contributed by atoms with E-state index in [9.17, 15) is 4.79 Å². The molecule has 1 saturated heterocycles. The number of rotatable bonds is 6. The molecule has 0 saturated carbocycles. The maximum Gasteiger partial charge on any atom is 0.222 e. The Bertz CT molecular complexity index is 558. The number of aliphatic imine (C=N–C) groups is 1. The molecule has 26 heavy (non-hydrogen) atoms. The van der Waals surface area contributed by atoms with Crippen LogP contribution in [0.15, 0.2) is 29.4 Å². The van der Waals surface area contributed by atoms with Gasteiger partial charge in [0.25, 0.3) is 0 Å². The highest BCUT2D eigenvalue weighted by atomic mass is 127. The van der Waals surface area contributed by atoms with Gasteiger partial charge in [-0.05, 0) is 32.9 Å². The maximum atomic E-state index is 11.7. The number of carbonyl (C=O) groups excluding carboxylic acids is 1. The van der Waals surface area contributed by atoms with Crippen molar-refractivity contribution in [3.8, 4) is 0 Å². The maximum absolute atomic E-state index is 11.7. The van der Waals surface area contributed by atoms with Crippen LogP contribution in [0.4, 0.5) is 5.82 Å². The second kappa shape index (κ2) is 11.9. The van der Waals surface area contributed by atoms with E-state index in [0.29, 0.717) is 13.0 Å². The predicted octanol–water partition coefficient (Wildman–Crippen LogP) is 1.70. The van der Waals surface area contributed by atoms with Crippen LogP contribution in [0.1, 0.15) is 27.2 Å². The zero-order valence-corrected chi connectivity index (χ0v) is 18.3. The molecule has 0 unspecified atom stereocenters. The first kappa shape index (κ1) is 22.5. The molecule has 1 aromatic rings. The summed E-state index contributed by atoms with van der Waals surface area (Å²) in [5.74, 6) is 1.96. The topological polar surface area (TPSA) is 72.9 Å². The lowest BCUT2D eigenvalue weighted by molar-refractivity contribution is -0.121. The summed E-state index contributed by atoms with van der Waals surface area (Å²) in [6, 6.07) is 6.17. The summed E-state index contributed by atoms with van der Waals surface area (Å²) in [7, 11) is 0. The van der Waals surface area contributed by atoms with Crippen molar-refractivity contribution in [2.75, 3.05) is 44.2 Å². The van der Waals surface area contributed by atoms with Gasteiger partial charge in [0.1, 0.15) is 5.82 Å². The van der Waals surface area contributed by atoms with E-state index in [0.717, 1.165) is 44.5 Å². The van der Waals surface area contributed by atoms with E-state index in [4.69, 9.17) is 0 Å². The fraction of sp³-hybridized carbons (Fsp3) is 0.611. The van der Waals surface area contributed by atoms with Gasteiger partial charge in [-0.15, -0.1) is 24.0 Å². The first-order valence-corrected chi connectivity index (χ1v) is 9.08. The van der Waals surface area contributed by atoms with Gasteiger partial charge in [-0.25, -0.2) is 4.98 Å². The third kappa shape index (κ3) is 7.35. The van der Waals surface area contributed by atoms with Gasteiger partial charge in [-0.1, -0.05) is 6.07 Å². The third-order valence-electron chi connectivity index (χ3n) is 3.94. The van der Waals surface area contributed by atoms with Gasteiger partial charge in [-0.3, -0.25) is 9.79 Å². The molecule has 2 N–H and O–H groups in total. The molecular weight excluding hydrogens is 443 g/mol. The normalized spacial score (nSPS) is 14.8. The number of anilines is 1. The fourth-order valence-electron chi connectivity index (χ4n) is 2.77. The second-order valence-corrected chi connectivity index (χ2v) is 6.37. The Labute approximate surface area is 173 Å². The highest BCUT2D eigenvalue weighted by Crippen LogP contribution is 2.12. The van der Waals surface area contributed by atoms with Gasteiger partial charge in [0, 0.05) is 51.4 Å². The lowest BCUT2D eigenvalue weighted by atomic mass is 10.3. The average molecular weight is 474 g/mol. The SMILES string of the molecule is CCNC(=NCCC(=O)NC(C)C)N1CCN(c2ccccn2)CC1.I. The predicted molar refractivity (Wildman–Crippen MR) is 117 cm³/mol. The molecule has 1 aliphatic heterocycles. The average Bonchev–Trinajstić information content (AvgIpc) is 2.61. The van der Waals surface area contributed by atoms with E-state index < -0.39 is 0 Å². The molecule has 1 aliphatic rings. The Morgan fingerprint density at radius 2 is 2.00 bits per heavy atom. The molecule has 2 heterocycles. The number of amides is 1. The Kier molecular flexibility index (Phi) is 10.3. The van der Waals surface area contributed by atoms with Crippen molar-refractivity contribution < 1.29 is 4.79 Å². The molecule has 1 fully saturated rings. The first-order chi connectivity index (χ1) is 12.1. The van der Waals surface area contributed by atoms with Crippen molar-refractivity contribution in [3.63, 3.8) is 0 Å². The number of piperazine rings is 1. The van der Waals surface area contributed by atoms with E-state index >= 15 is 0 Å². The number of aromatic nitrogens is 1. The zero-order valence-electron chi connectivity index (χ0n) is 15.9. The van der Waals surface area contributed by atoms with E-state index in [1.807, 2.05) is 38.2 Å². The van der Waals surface area contributed by atoms with Crippen LogP contribution < -0.4 is 15.5 Å². The van der Waals surface area contributed by atoms with Crippen molar-refractivity contribution >= 4 is 41.7 Å². The molecule has 0 aliphatic carbocycles. The summed E-state index contributed by atoms with van der Waals surface area (Å²) < 4.78 is 0. The van der Waals surface area contributed by atoms with Crippen LogP contribution in [-0.2, 0) is 4.79 Å². The smallest absolute Gasteiger partial charge is 0.222 e. The molecule has 1 amide bonds. The minimum Gasteiger partial charge on any atom is -0.357 e. The largest absolute Gasteiger partial charge is 0.357 e. The Hall–Kier alpha value is -1.58. The quantitative estimate of drug-likeness (QED) is 0.373. The van der Waals surface area contributed by atoms with E-state index in [2.05, 4.69) is 37.3 Å². The number of pyridine rings is 1. The van der Waals surface area contributed by atoms with Crippen molar-refractivity contribution in [2.24, 2.45) is 4.99 Å². The van der Waals surface area contributed by atoms with Gasteiger partial charge in [-0.2, -0.15) is 0 Å². The zero-order chi connectivity index (χ0) is 18.1. The summed E-state index contributed by atoms with van der Waals surface area (Å²) in [5, 5.41) is 6.23. The molecule has 0 aromatic carbocycles. The highest BCUT2D eigenvalue weighted by Gasteiger charge is 2.20. The number of nitrogens with zero attached hydrogens (tertiary/aromatic N) is 4. The fourth-order valence-corrected chi connectivity index (χ4v) is 2.77. The van der Waals surface area contributed by atoms with Crippen LogP contribution in [0.3, 0.4) is 0 Å². The number of carbonyl (C=O) groups is 1. The van der Waals surface area contributed by atoms with Crippen LogP contribution >= 0.6 is 24.0 Å². The molecule has 0 atom stereocenters. The van der Waals surface area contributed by atoms with Crippen LogP contribution in [0, 0.1) is 0 Å². The van der Waals surface area contributed by atoms with Crippen LogP contribution in [-0.4, -0.2) is 67.1 Å². The molecule has 146 valence electrons. The van der Waals surface area contributed by atoms with Crippen molar-refractivity contribution in [3.05, 3.63) is 24.4 Å². The lowest BCUT2D eigenvalue weighted by Gasteiger charge is -2.37. The van der Waals surface area contributed by atoms with E-state index in [1.165, 1.54) is 0 Å². The summed E-state index contributed by atoms with van der Waals surface area (Å²) in [5.41, 5.74) is 0. The number of guanidine groups is 1. The number of nitrogens with one attached hydrogen (secondary N) is 2. The monoisotopic (exact) mass is 474 g/mol. The Balaban J connectivity index is 0.00000338. The van der Waals surface area contributed by atoms with Crippen LogP contribution in [0.5, 0.6) is 0 Å². The minimum absolute atomic E-state index is 0. The standard InChI is InChI=1S/C18H30N6O.HI/c1-4-19-18(21-10-8-17(25)22-15(2)3)24-13-11-23(12-14-24)16-7-5-6-9-20-16;/h5-7,9,15H,4,8,10-14H2,1-3H3,(H,19,21)(H,22,25);1H. The molecule has 0 radical (unpaired) electrons. The van der Waals surface area contributed by atoms with Gasteiger partial charge in [0.05, 0.1) is 6.54 Å². The van der Waals surface area contributed by atoms with Crippen molar-refractivity contribution in [1.29, 1.82) is 0 Å². The van der Waals surface area contributed by atoms with Gasteiger partial charge >= 0.3 is 0 Å². The summed E-state index contributed by atoms with van der Waals surface area (Å²) in [6.45, 7) is 10.9. The summed E-state index contributed by atoms with van der Waals surface area (Å²) >= 11 is 0. The van der Waals surface area contributed by atoms with Gasteiger partial charge < -0.3 is 20.4 Å². The molecule has 7 nitrogen and oxygen atoms in total. The summed E-state index contributed by atoms with van der Waals surface area (Å²) in [4.78, 5) is 25.3. The van der Waals surface area contributed by atoms with E-state index in [1.54, 1.807) is 0 Å². The molecular formula is C18H31IN6O. The number of hydrogen-bond donors (Lipinski definition) is 2. The molecule has 0 bridgehead atoms. The Morgan fingerprint density at radius 3 is 2.58 bits per heavy atom. The first-order valence-electron chi connectivity index (χ1n) is 9.08.